The van der Waals surface area contributed by atoms with E-state index >= 15 is 0 Å². The Kier molecular flexibility index (Phi) is 6.50. The van der Waals surface area contributed by atoms with Gasteiger partial charge in [-0.25, -0.2) is 0 Å². The molecular formula is C15H27N3O2. The summed E-state index contributed by atoms with van der Waals surface area (Å²) in [5.74, 6) is 0.762. The van der Waals surface area contributed by atoms with Crippen LogP contribution in [0.25, 0.3) is 0 Å². The van der Waals surface area contributed by atoms with E-state index in [2.05, 4.69) is 17.3 Å². The average molecular weight is 281 g/mol. The van der Waals surface area contributed by atoms with Crippen LogP contribution in [0.3, 0.4) is 0 Å². The number of aliphatic hydroxyl groups excluding tert-OH is 1. The zero-order valence-corrected chi connectivity index (χ0v) is 12.4. The minimum Gasteiger partial charge on any atom is -0.389 e. The van der Waals surface area contributed by atoms with Gasteiger partial charge >= 0.3 is 0 Å². The summed E-state index contributed by atoms with van der Waals surface area (Å²) in [5, 5.41) is 17.2. The molecule has 3 atom stereocenters. The predicted octanol–water partition coefficient (Wildman–Crippen LogP) is 1.43. The Labute approximate surface area is 121 Å². The lowest BCUT2D eigenvalue weighted by Crippen LogP contribution is -2.34. The molecule has 0 bridgehead atoms. The van der Waals surface area contributed by atoms with Crippen LogP contribution < -0.4 is 5.32 Å². The van der Waals surface area contributed by atoms with E-state index in [1.54, 1.807) is 6.20 Å². The van der Waals surface area contributed by atoms with Gasteiger partial charge in [-0.1, -0.05) is 19.8 Å². The first-order valence-corrected chi connectivity index (χ1v) is 7.72. The van der Waals surface area contributed by atoms with Gasteiger partial charge in [0.05, 0.1) is 25.4 Å². The number of nitrogens with one attached hydrogen (secondary N) is 1. The van der Waals surface area contributed by atoms with Gasteiger partial charge < -0.3 is 15.2 Å². The quantitative estimate of drug-likeness (QED) is 0.708. The molecule has 20 heavy (non-hydrogen) atoms. The topological polar surface area (TPSA) is 59.3 Å². The lowest BCUT2D eigenvalue weighted by atomic mass is 9.89. The van der Waals surface area contributed by atoms with E-state index in [0.29, 0.717) is 19.3 Å². The van der Waals surface area contributed by atoms with Gasteiger partial charge in [0.25, 0.3) is 0 Å². The van der Waals surface area contributed by atoms with E-state index in [1.807, 2.05) is 16.9 Å². The molecule has 114 valence electrons. The summed E-state index contributed by atoms with van der Waals surface area (Å²) in [6, 6.07) is 1.91. The number of ether oxygens (including phenoxy) is 1. The highest BCUT2D eigenvalue weighted by molar-refractivity contribution is 4.77. The fraction of sp³-hybridized carbons (Fsp3) is 0.800. The highest BCUT2D eigenvalue weighted by Crippen LogP contribution is 2.25. The summed E-state index contributed by atoms with van der Waals surface area (Å²) < 4.78 is 7.68. The summed E-state index contributed by atoms with van der Waals surface area (Å²) in [6.07, 6.45) is 8.48. The molecular weight excluding hydrogens is 254 g/mol. The maximum Gasteiger partial charge on any atom is 0.0897 e. The van der Waals surface area contributed by atoms with E-state index in [9.17, 15) is 5.11 Å². The maximum absolute atomic E-state index is 9.89. The molecule has 1 aromatic heterocycles. The van der Waals surface area contributed by atoms with Crippen LogP contribution in [0.4, 0.5) is 0 Å². The Hall–Kier alpha value is -0.910. The van der Waals surface area contributed by atoms with Gasteiger partial charge in [0.15, 0.2) is 0 Å². The van der Waals surface area contributed by atoms with Crippen molar-refractivity contribution in [3.8, 4) is 0 Å². The predicted molar refractivity (Wildman–Crippen MR) is 78.5 cm³/mol. The summed E-state index contributed by atoms with van der Waals surface area (Å²) in [6.45, 7) is 4.92. The van der Waals surface area contributed by atoms with Gasteiger partial charge in [-0.05, 0) is 24.8 Å². The first-order chi connectivity index (χ1) is 9.74. The first-order valence-electron chi connectivity index (χ1n) is 7.72. The fourth-order valence-corrected chi connectivity index (χ4v) is 2.73. The van der Waals surface area contributed by atoms with Crippen LogP contribution in [0.15, 0.2) is 18.5 Å². The van der Waals surface area contributed by atoms with E-state index in [-0.39, 0.29) is 0 Å². The van der Waals surface area contributed by atoms with Crippen LogP contribution in [0, 0.1) is 5.92 Å². The van der Waals surface area contributed by atoms with Crippen LogP contribution in [0.5, 0.6) is 0 Å². The van der Waals surface area contributed by atoms with Gasteiger partial charge in [-0.2, -0.15) is 5.10 Å². The standard InChI is InChI=1S/C15H27N3O2/c1-13-4-2-5-15(10-13)20-12-14(19)11-16-7-9-18-8-3-6-17-18/h3,6,8,13-16,19H,2,4-5,7,9-12H2,1H3. The third-order valence-electron chi connectivity index (χ3n) is 3.87. The number of nitrogens with zero attached hydrogens (tertiary/aromatic N) is 2. The highest BCUT2D eigenvalue weighted by Gasteiger charge is 2.20. The third kappa shape index (κ3) is 5.61. The van der Waals surface area contributed by atoms with E-state index in [0.717, 1.165) is 31.8 Å². The zero-order valence-electron chi connectivity index (χ0n) is 12.4. The van der Waals surface area contributed by atoms with Crippen molar-refractivity contribution in [2.45, 2.75) is 51.4 Å². The molecule has 3 unspecified atom stereocenters. The minimum atomic E-state index is -0.426. The molecule has 0 aromatic carbocycles. The molecule has 1 saturated carbocycles. The second-order valence-electron chi connectivity index (χ2n) is 5.85. The number of hydrogen-bond donors (Lipinski definition) is 2. The molecule has 1 heterocycles. The Bertz CT molecular complexity index is 356. The Balaban J connectivity index is 1.50. The molecule has 0 amide bonds. The van der Waals surface area contributed by atoms with Gasteiger partial charge in [-0.15, -0.1) is 0 Å². The molecule has 1 aromatic rings. The van der Waals surface area contributed by atoms with Crippen molar-refractivity contribution in [2.24, 2.45) is 5.92 Å². The Morgan fingerprint density at radius 2 is 2.40 bits per heavy atom. The summed E-state index contributed by atoms with van der Waals surface area (Å²) in [5.41, 5.74) is 0. The van der Waals surface area contributed by atoms with Crippen molar-refractivity contribution in [2.75, 3.05) is 19.7 Å². The maximum atomic E-state index is 9.89. The molecule has 1 aliphatic rings. The zero-order chi connectivity index (χ0) is 14.2. The average Bonchev–Trinajstić information content (AvgIpc) is 2.95. The Morgan fingerprint density at radius 3 is 3.15 bits per heavy atom. The molecule has 0 spiro atoms. The van der Waals surface area contributed by atoms with Gasteiger partial charge in [-0.3, -0.25) is 4.68 Å². The SMILES string of the molecule is CC1CCCC(OCC(O)CNCCn2cccn2)C1. The van der Waals surface area contributed by atoms with Crippen molar-refractivity contribution in [1.82, 2.24) is 15.1 Å². The number of rotatable bonds is 8. The Morgan fingerprint density at radius 1 is 1.50 bits per heavy atom. The summed E-state index contributed by atoms with van der Waals surface area (Å²) in [7, 11) is 0. The van der Waals surface area contributed by atoms with Crippen LogP contribution in [-0.2, 0) is 11.3 Å². The lowest BCUT2D eigenvalue weighted by molar-refractivity contribution is -0.0305. The molecule has 0 saturated heterocycles. The van der Waals surface area contributed by atoms with Gasteiger partial charge in [0.2, 0.25) is 0 Å². The van der Waals surface area contributed by atoms with Crippen LogP contribution in [0.2, 0.25) is 0 Å². The van der Waals surface area contributed by atoms with Crippen LogP contribution in [0.1, 0.15) is 32.6 Å². The number of aromatic nitrogens is 2. The van der Waals surface area contributed by atoms with Crippen molar-refractivity contribution >= 4 is 0 Å². The molecule has 0 aliphatic heterocycles. The van der Waals surface area contributed by atoms with Crippen molar-refractivity contribution in [3.05, 3.63) is 18.5 Å². The molecule has 2 N–H and O–H groups in total. The molecule has 5 heteroatoms. The third-order valence-corrected chi connectivity index (χ3v) is 3.87. The normalized spacial score (nSPS) is 24.7. The number of aliphatic hydroxyl groups is 1. The first kappa shape index (κ1) is 15.5. The molecule has 0 radical (unpaired) electrons. The summed E-state index contributed by atoms with van der Waals surface area (Å²) >= 11 is 0. The second-order valence-corrected chi connectivity index (χ2v) is 5.85. The largest absolute Gasteiger partial charge is 0.389 e. The summed E-state index contributed by atoms with van der Waals surface area (Å²) in [4.78, 5) is 0. The molecule has 2 rings (SSSR count). The smallest absolute Gasteiger partial charge is 0.0897 e. The van der Waals surface area contributed by atoms with E-state index in [1.165, 1.54) is 12.8 Å². The molecule has 1 fully saturated rings. The van der Waals surface area contributed by atoms with Crippen molar-refractivity contribution in [1.29, 1.82) is 0 Å². The molecule has 5 nitrogen and oxygen atoms in total. The molecule has 1 aliphatic carbocycles. The lowest BCUT2D eigenvalue weighted by Gasteiger charge is -2.27. The van der Waals surface area contributed by atoms with E-state index in [4.69, 9.17) is 4.74 Å². The fourth-order valence-electron chi connectivity index (χ4n) is 2.73. The van der Waals surface area contributed by atoms with Crippen LogP contribution >= 0.6 is 0 Å². The van der Waals surface area contributed by atoms with Gasteiger partial charge in [0.1, 0.15) is 0 Å². The monoisotopic (exact) mass is 281 g/mol. The van der Waals surface area contributed by atoms with Crippen LogP contribution in [-0.4, -0.2) is 46.8 Å². The van der Waals surface area contributed by atoms with Crippen molar-refractivity contribution in [3.63, 3.8) is 0 Å². The van der Waals surface area contributed by atoms with E-state index < -0.39 is 6.10 Å². The van der Waals surface area contributed by atoms with Gasteiger partial charge in [0, 0.05) is 25.5 Å². The minimum absolute atomic E-state index is 0.345. The van der Waals surface area contributed by atoms with Crippen molar-refractivity contribution < 1.29 is 9.84 Å². The highest BCUT2D eigenvalue weighted by atomic mass is 16.5. The number of hydrogen-bond acceptors (Lipinski definition) is 4. The second kappa shape index (κ2) is 8.39.